The zero-order valence-corrected chi connectivity index (χ0v) is 25.2. The van der Waals surface area contributed by atoms with E-state index in [1.54, 1.807) is 29.5 Å². The molecule has 1 saturated heterocycles. The molecule has 7 rings (SSSR count). The van der Waals surface area contributed by atoms with Crippen LogP contribution in [0.5, 0.6) is 0 Å². The summed E-state index contributed by atoms with van der Waals surface area (Å²) in [5.74, 6) is 0.447. The van der Waals surface area contributed by atoms with Crippen LogP contribution in [0.2, 0.25) is 0 Å². The number of amides is 1. The first kappa shape index (κ1) is 27.8. The van der Waals surface area contributed by atoms with Crippen molar-refractivity contribution in [1.29, 1.82) is 0 Å². The molecule has 2 aliphatic rings. The van der Waals surface area contributed by atoms with E-state index in [2.05, 4.69) is 25.9 Å². The standard InChI is InChI=1S/C31H33N7O3S2/c32-22-3-1-2-4-23(22)36-25-6-5-19(30(33)40)31(37-25)35-18-13-17-7-8-34-27(17)20(14-18)21-16-42-29-24(39)15-26(43-28(21)29)38-9-11-41-12-10-38/h5-8,13-16,22-23,34H,1-4,9-12,32H2,(H2,33,40)(H2,35,36,37)/t22-,23+/m1/s1. The fraction of sp³-hybridized carbons (Fsp3) is 0.323. The molecule has 5 aromatic rings. The summed E-state index contributed by atoms with van der Waals surface area (Å²) in [5.41, 5.74) is 16.1. The number of primary amides is 1. The van der Waals surface area contributed by atoms with Crippen molar-refractivity contribution >= 4 is 71.2 Å². The molecule has 1 aromatic carbocycles. The molecule has 12 heteroatoms. The molecule has 1 saturated carbocycles. The minimum Gasteiger partial charge on any atom is -0.378 e. The molecule has 5 heterocycles. The lowest BCUT2D eigenvalue weighted by atomic mass is 9.91. The van der Waals surface area contributed by atoms with E-state index in [4.69, 9.17) is 21.2 Å². The van der Waals surface area contributed by atoms with E-state index in [9.17, 15) is 9.59 Å². The van der Waals surface area contributed by atoms with Crippen LogP contribution in [-0.2, 0) is 4.74 Å². The molecule has 222 valence electrons. The molecule has 2 fully saturated rings. The number of nitrogens with one attached hydrogen (secondary N) is 3. The summed E-state index contributed by atoms with van der Waals surface area (Å²) in [6.45, 7) is 2.82. The molecule has 0 radical (unpaired) electrons. The number of H-pyrrole nitrogens is 1. The van der Waals surface area contributed by atoms with Crippen molar-refractivity contribution < 1.29 is 9.53 Å². The van der Waals surface area contributed by atoms with Crippen molar-refractivity contribution in [3.05, 3.63) is 63.8 Å². The molecule has 2 atom stereocenters. The van der Waals surface area contributed by atoms with Gasteiger partial charge in [-0.3, -0.25) is 9.59 Å². The van der Waals surface area contributed by atoms with Crippen LogP contribution < -0.4 is 32.4 Å². The number of pyridine rings is 1. The Bertz CT molecular complexity index is 1870. The van der Waals surface area contributed by atoms with Crippen molar-refractivity contribution in [3.8, 4) is 11.1 Å². The number of nitrogens with two attached hydrogens (primary N) is 2. The van der Waals surface area contributed by atoms with Gasteiger partial charge in [0.2, 0.25) is 0 Å². The summed E-state index contributed by atoms with van der Waals surface area (Å²) >= 11 is 3.10. The summed E-state index contributed by atoms with van der Waals surface area (Å²) in [6.07, 6.45) is 6.11. The molecule has 1 aliphatic carbocycles. The number of carbonyl (C=O) groups excluding carboxylic acids is 1. The fourth-order valence-corrected chi connectivity index (χ4v) is 8.39. The zero-order valence-electron chi connectivity index (χ0n) is 23.5. The Kier molecular flexibility index (Phi) is 7.51. The van der Waals surface area contributed by atoms with Crippen LogP contribution in [-0.4, -0.2) is 54.3 Å². The largest absolute Gasteiger partial charge is 0.378 e. The van der Waals surface area contributed by atoms with E-state index in [-0.39, 0.29) is 17.5 Å². The summed E-state index contributed by atoms with van der Waals surface area (Å²) in [5, 5.41) is 10.8. The second-order valence-corrected chi connectivity index (χ2v) is 13.0. The van der Waals surface area contributed by atoms with Crippen molar-refractivity contribution in [2.75, 3.05) is 41.8 Å². The van der Waals surface area contributed by atoms with Crippen molar-refractivity contribution in [3.63, 3.8) is 0 Å². The van der Waals surface area contributed by atoms with Gasteiger partial charge >= 0.3 is 0 Å². The van der Waals surface area contributed by atoms with Crippen LogP contribution >= 0.6 is 22.7 Å². The first-order chi connectivity index (χ1) is 20.9. The Balaban J connectivity index is 1.28. The fourth-order valence-electron chi connectivity index (χ4n) is 6.01. The summed E-state index contributed by atoms with van der Waals surface area (Å²) in [4.78, 5) is 35.9. The molecule has 4 aromatic heterocycles. The number of morpholine rings is 1. The maximum absolute atomic E-state index is 13.2. The Morgan fingerprint density at radius 3 is 2.72 bits per heavy atom. The van der Waals surface area contributed by atoms with Gasteiger partial charge in [0, 0.05) is 65.0 Å². The second-order valence-electron chi connectivity index (χ2n) is 11.1. The highest BCUT2D eigenvalue weighted by molar-refractivity contribution is 7.28. The molecular formula is C31H33N7O3S2. The number of hydrogen-bond acceptors (Lipinski definition) is 10. The number of aromatic amines is 1. The summed E-state index contributed by atoms with van der Waals surface area (Å²) in [7, 11) is 0. The third-order valence-electron chi connectivity index (χ3n) is 8.28. The van der Waals surface area contributed by atoms with Crippen LogP contribution in [0.25, 0.3) is 31.4 Å². The maximum atomic E-state index is 13.2. The average Bonchev–Trinajstić information content (AvgIpc) is 3.66. The van der Waals surface area contributed by atoms with E-state index in [1.807, 2.05) is 24.4 Å². The number of thiophene rings is 1. The van der Waals surface area contributed by atoms with Crippen LogP contribution in [0.3, 0.4) is 0 Å². The van der Waals surface area contributed by atoms with Gasteiger partial charge in [0.15, 0.2) is 5.43 Å². The molecule has 10 nitrogen and oxygen atoms in total. The van der Waals surface area contributed by atoms with E-state index < -0.39 is 5.91 Å². The van der Waals surface area contributed by atoms with E-state index in [0.717, 1.165) is 80.9 Å². The number of aromatic nitrogens is 2. The van der Waals surface area contributed by atoms with Gasteiger partial charge in [0.05, 0.1) is 38.7 Å². The minimum atomic E-state index is -0.567. The lowest BCUT2D eigenvalue weighted by molar-refractivity contribution is 0.100. The number of anilines is 4. The van der Waals surface area contributed by atoms with Crippen molar-refractivity contribution in [2.45, 2.75) is 37.8 Å². The number of rotatable bonds is 7. The third kappa shape index (κ3) is 5.47. The molecular weight excluding hydrogens is 583 g/mol. The molecule has 7 N–H and O–H groups in total. The smallest absolute Gasteiger partial charge is 0.252 e. The normalized spacial score (nSPS) is 19.1. The van der Waals surface area contributed by atoms with E-state index >= 15 is 0 Å². The van der Waals surface area contributed by atoms with Gasteiger partial charge in [-0.05, 0) is 43.2 Å². The van der Waals surface area contributed by atoms with Crippen LogP contribution in [0.15, 0.2) is 52.8 Å². The van der Waals surface area contributed by atoms with Gasteiger partial charge in [-0.2, -0.15) is 0 Å². The molecule has 1 amide bonds. The molecule has 0 bridgehead atoms. The Labute approximate surface area is 256 Å². The first-order valence-corrected chi connectivity index (χ1v) is 16.2. The van der Waals surface area contributed by atoms with Gasteiger partial charge in [-0.25, -0.2) is 4.98 Å². The third-order valence-corrected chi connectivity index (χ3v) is 10.6. The Hall–Kier alpha value is -3.97. The Morgan fingerprint density at radius 1 is 1.07 bits per heavy atom. The quantitative estimate of drug-likeness (QED) is 0.167. The molecule has 1 aliphatic heterocycles. The van der Waals surface area contributed by atoms with Gasteiger partial charge in [-0.1, -0.05) is 12.8 Å². The van der Waals surface area contributed by atoms with E-state index in [1.165, 1.54) is 11.3 Å². The topological polar surface area (TPSA) is 151 Å². The number of fused-ring (bicyclic) bond motifs is 2. The highest BCUT2D eigenvalue weighted by Gasteiger charge is 2.23. The number of nitrogens with zero attached hydrogens (tertiary/aromatic N) is 2. The van der Waals surface area contributed by atoms with Crippen LogP contribution in [0.1, 0.15) is 36.0 Å². The SMILES string of the molecule is NC(=O)c1ccc(N[C@H]2CCCC[C@H]2N)nc1Nc1cc(-c2csc3c(=O)cc(N4CCOCC4)sc23)c2[nH]ccc2c1. The van der Waals surface area contributed by atoms with Crippen LogP contribution in [0.4, 0.5) is 22.3 Å². The van der Waals surface area contributed by atoms with Crippen LogP contribution in [0, 0.1) is 0 Å². The first-order valence-electron chi connectivity index (χ1n) is 14.5. The Morgan fingerprint density at radius 2 is 1.91 bits per heavy atom. The van der Waals surface area contributed by atoms with Crippen molar-refractivity contribution in [2.24, 2.45) is 11.5 Å². The summed E-state index contributed by atoms with van der Waals surface area (Å²) in [6, 6.07) is 11.4. The lowest BCUT2D eigenvalue weighted by Gasteiger charge is -2.29. The zero-order chi connectivity index (χ0) is 29.5. The van der Waals surface area contributed by atoms with E-state index in [0.29, 0.717) is 30.4 Å². The predicted octanol–water partition coefficient (Wildman–Crippen LogP) is 5.23. The molecule has 43 heavy (non-hydrogen) atoms. The number of carbonyl (C=O) groups is 1. The number of benzene rings is 1. The monoisotopic (exact) mass is 615 g/mol. The number of hydrogen-bond donors (Lipinski definition) is 5. The highest BCUT2D eigenvalue weighted by atomic mass is 32.1. The second kappa shape index (κ2) is 11.6. The minimum absolute atomic E-state index is 0.0285. The van der Waals surface area contributed by atoms with Crippen molar-refractivity contribution in [1.82, 2.24) is 9.97 Å². The van der Waals surface area contributed by atoms with Gasteiger partial charge < -0.3 is 36.7 Å². The predicted molar refractivity (Wildman–Crippen MR) is 176 cm³/mol. The number of ether oxygens (including phenoxy) is 1. The van der Waals surface area contributed by atoms with Gasteiger partial charge in [-0.15, -0.1) is 22.7 Å². The lowest BCUT2D eigenvalue weighted by Crippen LogP contribution is -2.42. The maximum Gasteiger partial charge on any atom is 0.252 e. The average molecular weight is 616 g/mol. The highest BCUT2D eigenvalue weighted by Crippen LogP contribution is 2.42. The molecule has 0 spiro atoms. The summed E-state index contributed by atoms with van der Waals surface area (Å²) < 4.78 is 7.22. The van der Waals surface area contributed by atoms with Gasteiger partial charge in [0.25, 0.3) is 5.91 Å². The molecule has 0 unspecified atom stereocenters. The van der Waals surface area contributed by atoms with Gasteiger partial charge in [0.1, 0.15) is 11.6 Å².